The van der Waals surface area contributed by atoms with Crippen LogP contribution in [0.25, 0.3) is 0 Å². The van der Waals surface area contributed by atoms with Crippen LogP contribution in [0.4, 0.5) is 23.4 Å². The number of pyridine rings is 1. The van der Waals surface area contributed by atoms with E-state index in [4.69, 9.17) is 11.6 Å². The zero-order chi connectivity index (χ0) is 23.1. The van der Waals surface area contributed by atoms with Gasteiger partial charge in [-0.05, 0) is 46.6 Å². The molecule has 2 heterocycles. The maximum absolute atomic E-state index is 13.6. The Kier molecular flexibility index (Phi) is 6.36. The van der Waals surface area contributed by atoms with E-state index in [9.17, 15) is 26.0 Å². The highest BCUT2D eigenvalue weighted by Gasteiger charge is 2.34. The van der Waals surface area contributed by atoms with E-state index in [-0.39, 0.29) is 31.9 Å². The number of benzene rings is 1. The van der Waals surface area contributed by atoms with Crippen molar-refractivity contribution in [2.24, 2.45) is 0 Å². The Hall–Kier alpha value is -2.18. The molecule has 0 aliphatic carbocycles. The fraction of sp³-hybridized carbons (Fsp3) is 0.222. The molecule has 0 amide bonds. The average Bonchev–Trinajstić information content (AvgIpc) is 3.04. The van der Waals surface area contributed by atoms with Crippen molar-refractivity contribution in [3.63, 3.8) is 0 Å². The molecule has 0 spiro atoms. The standard InChI is InChI=1S/C18H14BrClF4N4O2S/c1-8-17(31(2,29)30)28-16(26-8)15(9-3-4-13(21)12(20)5-9)27-14-6-10(18(22,23)24)11(19)7-25-14/h3-7,15H,1-2H3,(H,25,27)(H,26,28). The summed E-state index contributed by atoms with van der Waals surface area (Å²) in [5.41, 5.74) is -0.413. The number of hydrogen-bond acceptors (Lipinski definition) is 5. The van der Waals surface area contributed by atoms with Gasteiger partial charge in [0.25, 0.3) is 0 Å². The van der Waals surface area contributed by atoms with E-state index >= 15 is 0 Å². The zero-order valence-corrected chi connectivity index (χ0v) is 19.0. The molecule has 31 heavy (non-hydrogen) atoms. The molecule has 0 saturated heterocycles. The van der Waals surface area contributed by atoms with Crippen LogP contribution in [0.1, 0.15) is 28.7 Å². The summed E-state index contributed by atoms with van der Waals surface area (Å²) in [5, 5.41) is 2.34. The van der Waals surface area contributed by atoms with Crippen LogP contribution in [0.15, 0.2) is 40.0 Å². The highest BCUT2D eigenvalue weighted by molar-refractivity contribution is 9.10. The summed E-state index contributed by atoms with van der Waals surface area (Å²) in [6.07, 6.45) is -2.68. The number of nitrogens with one attached hydrogen (secondary N) is 2. The maximum atomic E-state index is 13.6. The fourth-order valence-corrected chi connectivity index (χ4v) is 4.35. The minimum Gasteiger partial charge on any atom is -0.356 e. The summed E-state index contributed by atoms with van der Waals surface area (Å²) in [6, 6.07) is 3.46. The first kappa shape index (κ1) is 23.5. The second-order valence-corrected chi connectivity index (χ2v) is 9.81. The zero-order valence-electron chi connectivity index (χ0n) is 15.9. The van der Waals surface area contributed by atoms with Crippen LogP contribution in [0.3, 0.4) is 0 Å². The highest BCUT2D eigenvalue weighted by Crippen LogP contribution is 2.37. The highest BCUT2D eigenvalue weighted by atomic mass is 79.9. The van der Waals surface area contributed by atoms with Gasteiger partial charge in [-0.15, -0.1) is 0 Å². The minimum atomic E-state index is -4.64. The number of halogens is 6. The number of aryl methyl sites for hydroxylation is 1. The van der Waals surface area contributed by atoms with Crippen LogP contribution in [-0.4, -0.2) is 29.6 Å². The molecule has 3 rings (SSSR count). The first-order valence-electron chi connectivity index (χ1n) is 8.48. The number of rotatable bonds is 5. The Labute approximate surface area is 188 Å². The van der Waals surface area contributed by atoms with Crippen molar-refractivity contribution in [3.05, 3.63) is 68.4 Å². The monoisotopic (exact) mass is 540 g/mol. The van der Waals surface area contributed by atoms with Crippen molar-refractivity contribution in [2.45, 2.75) is 24.2 Å². The third-order valence-electron chi connectivity index (χ3n) is 4.21. The SMILES string of the molecule is Cc1[nH]c(C(Nc2cc(C(F)(F)F)c(Br)cn2)c2ccc(F)c(Cl)c2)nc1S(C)(=O)=O. The molecule has 1 aromatic carbocycles. The Balaban J connectivity index is 2.13. The van der Waals surface area contributed by atoms with Crippen LogP contribution >= 0.6 is 27.5 Å². The van der Waals surface area contributed by atoms with Gasteiger partial charge in [0.1, 0.15) is 23.5 Å². The topological polar surface area (TPSA) is 87.7 Å². The van der Waals surface area contributed by atoms with Gasteiger partial charge in [0, 0.05) is 16.9 Å². The lowest BCUT2D eigenvalue weighted by molar-refractivity contribution is -0.138. The average molecular weight is 542 g/mol. The molecule has 0 aliphatic rings. The summed E-state index contributed by atoms with van der Waals surface area (Å²) in [6.45, 7) is 1.49. The number of aromatic amines is 1. The summed E-state index contributed by atoms with van der Waals surface area (Å²) in [5.74, 6) is -0.799. The van der Waals surface area contributed by atoms with Crippen molar-refractivity contribution in [2.75, 3.05) is 11.6 Å². The molecule has 13 heteroatoms. The Morgan fingerprint density at radius 3 is 2.48 bits per heavy atom. The number of aromatic nitrogens is 3. The van der Waals surface area contributed by atoms with Crippen molar-refractivity contribution in [1.29, 1.82) is 0 Å². The van der Waals surface area contributed by atoms with Gasteiger partial charge in [-0.1, -0.05) is 17.7 Å². The van der Waals surface area contributed by atoms with Gasteiger partial charge in [0.2, 0.25) is 0 Å². The van der Waals surface area contributed by atoms with Crippen LogP contribution in [0.5, 0.6) is 0 Å². The molecule has 0 fully saturated rings. The molecule has 6 nitrogen and oxygen atoms in total. The summed E-state index contributed by atoms with van der Waals surface area (Å²) in [7, 11) is -3.67. The molecule has 0 aliphatic heterocycles. The third kappa shape index (κ3) is 5.18. The first-order valence-corrected chi connectivity index (χ1v) is 11.5. The van der Waals surface area contributed by atoms with Gasteiger partial charge in [0.05, 0.1) is 16.3 Å². The molecule has 1 unspecified atom stereocenters. The van der Waals surface area contributed by atoms with Gasteiger partial charge in [-0.2, -0.15) is 13.2 Å². The minimum absolute atomic E-state index is 0.0684. The molecular weight excluding hydrogens is 528 g/mol. The Morgan fingerprint density at radius 2 is 1.94 bits per heavy atom. The number of hydrogen-bond donors (Lipinski definition) is 2. The molecule has 2 N–H and O–H groups in total. The van der Waals surface area contributed by atoms with Crippen molar-refractivity contribution in [1.82, 2.24) is 15.0 Å². The number of alkyl halides is 3. The van der Waals surface area contributed by atoms with E-state index in [1.54, 1.807) is 0 Å². The second kappa shape index (κ2) is 8.40. The van der Waals surface area contributed by atoms with Crippen LogP contribution < -0.4 is 5.32 Å². The van der Waals surface area contributed by atoms with Gasteiger partial charge < -0.3 is 10.3 Å². The number of imidazole rings is 1. The molecule has 1 atom stereocenters. The summed E-state index contributed by atoms with van der Waals surface area (Å²) >= 11 is 8.68. The van der Waals surface area contributed by atoms with E-state index in [1.807, 2.05) is 0 Å². The molecule has 0 bridgehead atoms. The Morgan fingerprint density at radius 1 is 1.26 bits per heavy atom. The van der Waals surface area contributed by atoms with Gasteiger partial charge in [-0.3, -0.25) is 0 Å². The first-order chi connectivity index (χ1) is 14.3. The van der Waals surface area contributed by atoms with Gasteiger partial charge in [0.15, 0.2) is 14.9 Å². The van der Waals surface area contributed by atoms with Crippen molar-refractivity contribution >= 4 is 43.2 Å². The maximum Gasteiger partial charge on any atom is 0.417 e. The quantitative estimate of drug-likeness (QED) is 0.429. The second-order valence-electron chi connectivity index (χ2n) is 6.62. The molecule has 0 saturated carbocycles. The van der Waals surface area contributed by atoms with E-state index in [2.05, 4.69) is 36.2 Å². The van der Waals surface area contributed by atoms with E-state index in [0.29, 0.717) is 5.56 Å². The third-order valence-corrected chi connectivity index (χ3v) is 6.23. The summed E-state index contributed by atoms with van der Waals surface area (Å²) in [4.78, 5) is 10.8. The number of sulfone groups is 1. The van der Waals surface area contributed by atoms with Crippen molar-refractivity contribution in [3.8, 4) is 0 Å². The van der Waals surface area contributed by atoms with E-state index in [1.165, 1.54) is 19.1 Å². The smallest absolute Gasteiger partial charge is 0.356 e. The number of H-pyrrole nitrogens is 1. The Bertz CT molecular complexity index is 1250. The van der Waals surface area contributed by atoms with E-state index < -0.39 is 33.4 Å². The number of nitrogens with zero attached hydrogens (tertiary/aromatic N) is 2. The predicted octanol–water partition coefficient (Wildman–Crippen LogP) is 5.29. The van der Waals surface area contributed by atoms with Crippen LogP contribution in [-0.2, 0) is 16.0 Å². The normalized spacial score (nSPS) is 13.3. The predicted molar refractivity (Wildman–Crippen MR) is 110 cm³/mol. The van der Waals surface area contributed by atoms with Crippen molar-refractivity contribution < 1.29 is 26.0 Å². The molecule has 2 aromatic heterocycles. The van der Waals surface area contributed by atoms with Crippen LogP contribution in [0, 0.1) is 12.7 Å². The molecular formula is C18H14BrClF4N4O2S. The van der Waals surface area contributed by atoms with Crippen LogP contribution in [0.2, 0.25) is 5.02 Å². The molecule has 0 radical (unpaired) electrons. The van der Waals surface area contributed by atoms with Gasteiger partial charge in [-0.25, -0.2) is 22.8 Å². The van der Waals surface area contributed by atoms with Gasteiger partial charge >= 0.3 is 6.18 Å². The van der Waals surface area contributed by atoms with E-state index in [0.717, 1.165) is 24.6 Å². The fourth-order valence-electron chi connectivity index (χ4n) is 2.85. The lowest BCUT2D eigenvalue weighted by Crippen LogP contribution is -2.16. The molecule has 166 valence electrons. The molecule has 3 aromatic rings. The lowest BCUT2D eigenvalue weighted by Gasteiger charge is -2.19. The summed E-state index contributed by atoms with van der Waals surface area (Å²) < 4.78 is 77.1. The largest absolute Gasteiger partial charge is 0.417 e. The lowest BCUT2D eigenvalue weighted by atomic mass is 10.1. The number of anilines is 1.